The summed E-state index contributed by atoms with van der Waals surface area (Å²) in [6, 6.07) is 19.7. The molecule has 1 atom stereocenters. The SMILES string of the molecule is CCc1ccccc1C1CCCN1C1CC2(CCN(c3ccc(C(=O)NS(=O)(=O)c4cnc(NCC5CCOCC5)c([N+](=O)[O-])c4)c(Oc4cnc5[nH]ccc5c4)c3)CC2)C1. The van der Waals surface area contributed by atoms with Crippen molar-refractivity contribution in [2.75, 3.05) is 49.6 Å². The number of H-pyrrole nitrogens is 1. The zero-order valence-electron chi connectivity index (χ0n) is 34.3. The van der Waals surface area contributed by atoms with Crippen molar-refractivity contribution in [1.82, 2.24) is 24.6 Å². The molecule has 5 aromatic rings. The van der Waals surface area contributed by atoms with Gasteiger partial charge in [-0.25, -0.2) is 23.1 Å². The first-order chi connectivity index (χ1) is 29.6. The molecule has 3 saturated heterocycles. The van der Waals surface area contributed by atoms with E-state index in [0.717, 1.165) is 75.1 Å². The summed E-state index contributed by atoms with van der Waals surface area (Å²) in [6.07, 6.45) is 14.0. The molecule has 9 rings (SSSR count). The predicted molar refractivity (Wildman–Crippen MR) is 232 cm³/mol. The summed E-state index contributed by atoms with van der Waals surface area (Å²) in [7, 11) is -4.60. The lowest BCUT2D eigenvalue weighted by Gasteiger charge is -2.56. The average Bonchev–Trinajstić information content (AvgIpc) is 3.95. The van der Waals surface area contributed by atoms with Crippen LogP contribution in [0, 0.1) is 21.4 Å². The van der Waals surface area contributed by atoms with Crippen molar-refractivity contribution in [3.05, 3.63) is 106 Å². The van der Waals surface area contributed by atoms with Gasteiger partial charge in [0.2, 0.25) is 5.82 Å². The van der Waals surface area contributed by atoms with Crippen LogP contribution in [0.2, 0.25) is 0 Å². The van der Waals surface area contributed by atoms with Gasteiger partial charge in [-0.15, -0.1) is 0 Å². The summed E-state index contributed by atoms with van der Waals surface area (Å²) in [5.41, 5.74) is 4.26. The molecular weight excluding hydrogens is 797 g/mol. The zero-order chi connectivity index (χ0) is 42.1. The van der Waals surface area contributed by atoms with Crippen LogP contribution >= 0.6 is 0 Å². The Morgan fingerprint density at radius 1 is 1.02 bits per heavy atom. The monoisotopic (exact) mass is 848 g/mol. The average molecular weight is 849 g/mol. The van der Waals surface area contributed by atoms with E-state index in [0.29, 0.717) is 48.7 Å². The van der Waals surface area contributed by atoms with Gasteiger partial charge in [0, 0.05) is 74.3 Å². The first kappa shape index (κ1) is 40.8. The molecule has 4 fully saturated rings. The molecule has 1 saturated carbocycles. The third-order valence-electron chi connectivity index (χ3n) is 13.4. The van der Waals surface area contributed by atoms with Crippen LogP contribution in [0.1, 0.15) is 85.8 Å². The number of amides is 1. The number of carbonyl (C=O) groups excluding carboxylic acids is 1. The van der Waals surface area contributed by atoms with E-state index in [1.54, 1.807) is 24.4 Å². The van der Waals surface area contributed by atoms with Crippen LogP contribution in [0.5, 0.6) is 11.5 Å². The number of rotatable bonds is 13. The number of nitro groups is 1. The normalized spacial score (nSPS) is 19.8. The Kier molecular flexibility index (Phi) is 11.4. The van der Waals surface area contributed by atoms with Crippen molar-refractivity contribution < 1.29 is 27.6 Å². The van der Waals surface area contributed by atoms with E-state index < -0.39 is 31.4 Å². The van der Waals surface area contributed by atoms with Crippen LogP contribution in [0.25, 0.3) is 11.0 Å². The molecule has 15 nitrogen and oxygen atoms in total. The third kappa shape index (κ3) is 8.53. The van der Waals surface area contributed by atoms with Crippen molar-refractivity contribution in [2.24, 2.45) is 11.3 Å². The van der Waals surface area contributed by atoms with Crippen LogP contribution in [-0.2, 0) is 21.2 Å². The maximum Gasteiger partial charge on any atom is 0.312 e. The third-order valence-corrected chi connectivity index (χ3v) is 14.7. The maximum absolute atomic E-state index is 13.9. The first-order valence-corrected chi connectivity index (χ1v) is 22.9. The fourth-order valence-corrected chi connectivity index (χ4v) is 10.9. The van der Waals surface area contributed by atoms with E-state index >= 15 is 0 Å². The highest BCUT2D eigenvalue weighted by Crippen LogP contribution is 2.54. The van der Waals surface area contributed by atoms with Gasteiger partial charge in [0.25, 0.3) is 15.9 Å². The molecule has 1 unspecified atom stereocenters. The molecule has 16 heteroatoms. The number of pyridine rings is 2. The van der Waals surface area contributed by atoms with Crippen molar-refractivity contribution in [2.45, 2.75) is 81.7 Å². The maximum atomic E-state index is 13.9. The van der Waals surface area contributed by atoms with Gasteiger partial charge in [-0.2, -0.15) is 0 Å². The first-order valence-electron chi connectivity index (χ1n) is 21.4. The van der Waals surface area contributed by atoms with E-state index in [9.17, 15) is 23.3 Å². The van der Waals surface area contributed by atoms with Crippen LogP contribution in [0.4, 0.5) is 17.2 Å². The summed E-state index contributed by atoms with van der Waals surface area (Å²) in [5, 5.41) is 15.8. The standard InChI is InChI=1S/C45H52N8O7S/c1-2-31-6-3-4-7-37(31)39-8-5-17-52(39)34-25-45(26-34)14-18-51(19-15-45)33-9-10-38(41(23-33)60-35-22-32-11-16-46-42(32)48-28-35)44(54)50-61(57,58)36-24-40(53(55)56)43(49-29-36)47-27-30-12-20-59-21-13-30/h3-4,6-7,9-11,16,22-24,28-30,34,39H,2,5,8,12-15,17-21,25-27H2,1H3,(H,46,48)(H,47,49)(H,50,54). The van der Waals surface area contributed by atoms with Gasteiger partial charge in [0.1, 0.15) is 22.0 Å². The highest BCUT2D eigenvalue weighted by molar-refractivity contribution is 7.90. The van der Waals surface area contributed by atoms with Gasteiger partial charge in [-0.3, -0.25) is 19.8 Å². The fraction of sp³-hybridized carbons (Fsp3) is 0.444. The van der Waals surface area contributed by atoms with Crippen LogP contribution in [-0.4, -0.2) is 84.5 Å². The predicted octanol–water partition coefficient (Wildman–Crippen LogP) is 7.76. The lowest BCUT2D eigenvalue weighted by atomic mass is 9.59. The summed E-state index contributed by atoms with van der Waals surface area (Å²) in [6.45, 7) is 6.74. The van der Waals surface area contributed by atoms with Crippen molar-refractivity contribution >= 4 is 44.2 Å². The molecule has 3 aliphatic heterocycles. The molecule has 1 aliphatic carbocycles. The number of aromatic amines is 1. The minimum Gasteiger partial charge on any atom is -0.455 e. The lowest BCUT2D eigenvalue weighted by Crippen LogP contribution is -2.54. The Balaban J connectivity index is 0.905. The molecule has 1 amide bonds. The van der Waals surface area contributed by atoms with Crippen LogP contribution in [0.15, 0.2) is 84.1 Å². The van der Waals surface area contributed by atoms with E-state index in [-0.39, 0.29) is 23.0 Å². The number of nitrogens with zero attached hydrogens (tertiary/aromatic N) is 5. The Morgan fingerprint density at radius 3 is 2.61 bits per heavy atom. The van der Waals surface area contributed by atoms with E-state index in [2.05, 4.69) is 66.0 Å². The Morgan fingerprint density at radius 2 is 1.82 bits per heavy atom. The zero-order valence-corrected chi connectivity index (χ0v) is 35.2. The van der Waals surface area contributed by atoms with Crippen molar-refractivity contribution in [1.29, 1.82) is 0 Å². The van der Waals surface area contributed by atoms with Gasteiger partial charge in [-0.1, -0.05) is 31.2 Å². The molecule has 3 aromatic heterocycles. The van der Waals surface area contributed by atoms with Crippen LogP contribution in [0.3, 0.4) is 0 Å². The van der Waals surface area contributed by atoms with Gasteiger partial charge < -0.3 is 24.7 Å². The molecule has 61 heavy (non-hydrogen) atoms. The van der Waals surface area contributed by atoms with E-state index in [4.69, 9.17) is 9.47 Å². The van der Waals surface area contributed by atoms with Gasteiger partial charge >= 0.3 is 5.69 Å². The van der Waals surface area contributed by atoms with Crippen molar-refractivity contribution in [3.8, 4) is 11.5 Å². The largest absolute Gasteiger partial charge is 0.455 e. The summed E-state index contributed by atoms with van der Waals surface area (Å²) >= 11 is 0. The van der Waals surface area contributed by atoms with Crippen LogP contribution < -0.4 is 19.7 Å². The van der Waals surface area contributed by atoms with Crippen molar-refractivity contribution in [3.63, 3.8) is 0 Å². The Bertz CT molecular complexity index is 2530. The molecule has 0 radical (unpaired) electrons. The number of sulfonamides is 1. The second-order valence-electron chi connectivity index (χ2n) is 17.0. The lowest BCUT2D eigenvalue weighted by molar-refractivity contribution is -0.384. The quantitative estimate of drug-likeness (QED) is 0.0774. The summed E-state index contributed by atoms with van der Waals surface area (Å²) in [4.78, 5) is 41.4. The number of piperidine rings is 1. The highest BCUT2D eigenvalue weighted by atomic mass is 32.2. The molecule has 3 N–H and O–H groups in total. The number of benzene rings is 2. The summed E-state index contributed by atoms with van der Waals surface area (Å²) in [5.74, 6) is -0.247. The number of hydrogen-bond acceptors (Lipinski definition) is 12. The number of aryl methyl sites for hydroxylation is 1. The number of ether oxygens (including phenoxy) is 2. The second-order valence-corrected chi connectivity index (χ2v) is 18.7. The van der Waals surface area contributed by atoms with Gasteiger partial charge in [0.05, 0.1) is 22.9 Å². The Hall–Kier alpha value is -5.58. The number of carbonyl (C=O) groups is 1. The van der Waals surface area contributed by atoms with Gasteiger partial charge in [-0.05, 0) is 111 Å². The van der Waals surface area contributed by atoms with Gasteiger partial charge in [0.15, 0.2) is 0 Å². The number of anilines is 2. The Labute approximate surface area is 355 Å². The minimum atomic E-state index is -4.60. The smallest absolute Gasteiger partial charge is 0.312 e. The summed E-state index contributed by atoms with van der Waals surface area (Å²) < 4.78 is 41.1. The van der Waals surface area contributed by atoms with E-state index in [1.807, 2.05) is 12.1 Å². The number of hydrogen-bond donors (Lipinski definition) is 3. The number of aromatic nitrogens is 3. The molecule has 320 valence electrons. The number of nitrogens with one attached hydrogen (secondary N) is 3. The molecule has 1 spiro atoms. The topological polar surface area (TPSA) is 185 Å². The highest BCUT2D eigenvalue weighted by Gasteiger charge is 2.50. The molecule has 2 aromatic carbocycles. The molecule has 0 bridgehead atoms. The number of likely N-dealkylation sites (tertiary alicyclic amines) is 1. The molecular formula is C45H52N8O7S. The van der Waals surface area contributed by atoms with E-state index in [1.165, 1.54) is 43.0 Å². The molecule has 6 heterocycles. The second kappa shape index (κ2) is 17.1. The number of fused-ring (bicyclic) bond motifs is 1. The fourth-order valence-electron chi connectivity index (χ4n) is 9.93. The minimum absolute atomic E-state index is 0.0289. The molecule has 4 aliphatic rings.